The third-order valence-corrected chi connectivity index (χ3v) is 6.59. The Kier molecular flexibility index (Phi) is 9.18. The number of nitrogens with zero attached hydrogens (tertiary/aromatic N) is 3. The van der Waals surface area contributed by atoms with Gasteiger partial charge >= 0.3 is 0 Å². The van der Waals surface area contributed by atoms with Crippen LogP contribution in [0.4, 0.5) is 4.39 Å². The van der Waals surface area contributed by atoms with Crippen molar-refractivity contribution in [2.24, 2.45) is 0 Å². The van der Waals surface area contributed by atoms with Crippen LogP contribution in [0, 0.1) is 17.7 Å². The number of carbonyl (C=O) groups excluding carboxylic acids is 2. The minimum Gasteiger partial charge on any atom is -0.336 e. The minimum atomic E-state index is -0.706. The molecule has 0 spiro atoms. The summed E-state index contributed by atoms with van der Waals surface area (Å²) in [4.78, 5) is 29.1. The lowest BCUT2D eigenvalue weighted by atomic mass is 10.1. The molecule has 6 nitrogen and oxygen atoms in total. The molecule has 2 aliphatic rings. The predicted octanol–water partition coefficient (Wildman–Crippen LogP) is 3.03. The van der Waals surface area contributed by atoms with Crippen LogP contribution in [0.5, 0.6) is 0 Å². The van der Waals surface area contributed by atoms with E-state index in [0.29, 0.717) is 43.3 Å². The highest BCUT2D eigenvalue weighted by molar-refractivity contribution is 6.31. The van der Waals surface area contributed by atoms with Gasteiger partial charge in [0.2, 0.25) is 5.91 Å². The number of unbranched alkanes of at least 4 members (excludes halogenated alkanes) is 2. The molecule has 0 bridgehead atoms. The molecule has 2 saturated heterocycles. The Morgan fingerprint density at radius 3 is 2.75 bits per heavy atom. The molecule has 2 fully saturated rings. The summed E-state index contributed by atoms with van der Waals surface area (Å²) < 4.78 is 13.3. The Bertz CT molecular complexity index is 888. The van der Waals surface area contributed by atoms with Crippen molar-refractivity contribution in [1.82, 2.24) is 20.2 Å². The van der Waals surface area contributed by atoms with Crippen molar-refractivity contribution in [2.45, 2.75) is 50.6 Å². The quantitative estimate of drug-likeness (QED) is 0.368. The van der Waals surface area contributed by atoms with E-state index in [1.54, 1.807) is 16.0 Å². The minimum absolute atomic E-state index is 0.0661. The number of halogens is 3. The number of rotatable bonds is 7. The van der Waals surface area contributed by atoms with Crippen molar-refractivity contribution < 1.29 is 14.0 Å². The fourth-order valence-corrected chi connectivity index (χ4v) is 4.52. The number of alkyl halides is 1. The zero-order valence-electron chi connectivity index (χ0n) is 18.2. The Morgan fingerprint density at radius 1 is 1.22 bits per heavy atom. The smallest absolute Gasteiger partial charge is 0.256 e. The molecule has 1 N–H and O–H groups in total. The Labute approximate surface area is 199 Å². The average molecular weight is 483 g/mol. The van der Waals surface area contributed by atoms with Crippen molar-refractivity contribution in [3.8, 4) is 11.8 Å². The molecule has 2 unspecified atom stereocenters. The molecule has 1 aromatic rings. The van der Waals surface area contributed by atoms with Gasteiger partial charge in [0.05, 0.1) is 6.54 Å². The number of hydrazine groups is 1. The van der Waals surface area contributed by atoms with Gasteiger partial charge in [0.15, 0.2) is 0 Å². The molecular formula is C23H29Cl2FN4O2. The molecule has 174 valence electrons. The number of benzene rings is 1. The Hall–Kier alpha value is -1.85. The average Bonchev–Trinajstić information content (AvgIpc) is 2.76. The van der Waals surface area contributed by atoms with E-state index in [2.05, 4.69) is 17.3 Å². The molecule has 3 rings (SSSR count). The van der Waals surface area contributed by atoms with Crippen LogP contribution < -0.4 is 5.43 Å². The van der Waals surface area contributed by atoms with Gasteiger partial charge in [-0.25, -0.2) is 9.82 Å². The first kappa shape index (κ1) is 24.8. The van der Waals surface area contributed by atoms with Gasteiger partial charge in [0.25, 0.3) is 5.91 Å². The molecule has 2 aliphatic heterocycles. The monoisotopic (exact) mass is 482 g/mol. The molecule has 0 aliphatic carbocycles. The molecule has 9 heteroatoms. The lowest BCUT2D eigenvalue weighted by Crippen LogP contribution is -2.66. The van der Waals surface area contributed by atoms with Gasteiger partial charge in [0.1, 0.15) is 11.2 Å². The van der Waals surface area contributed by atoms with Crippen LogP contribution in [0.1, 0.15) is 38.2 Å². The molecule has 2 heterocycles. The fourth-order valence-electron chi connectivity index (χ4n) is 3.93. The summed E-state index contributed by atoms with van der Waals surface area (Å²) in [5, 5.41) is 1.19. The van der Waals surface area contributed by atoms with E-state index in [1.165, 1.54) is 12.1 Å². The maximum atomic E-state index is 13.3. The molecule has 2 amide bonds. The second-order valence-corrected chi connectivity index (χ2v) is 8.88. The lowest BCUT2D eigenvalue weighted by molar-refractivity contribution is -0.144. The first-order chi connectivity index (χ1) is 15.4. The van der Waals surface area contributed by atoms with Crippen LogP contribution >= 0.6 is 23.2 Å². The molecule has 0 saturated carbocycles. The molecule has 2 atom stereocenters. The number of hydrogen-bond acceptors (Lipinski definition) is 4. The van der Waals surface area contributed by atoms with E-state index in [-0.39, 0.29) is 24.4 Å². The van der Waals surface area contributed by atoms with E-state index < -0.39 is 11.2 Å². The zero-order valence-corrected chi connectivity index (χ0v) is 19.8. The van der Waals surface area contributed by atoms with Crippen molar-refractivity contribution >= 4 is 35.0 Å². The molecule has 1 aromatic carbocycles. The number of piperazine rings is 1. The lowest BCUT2D eigenvalue weighted by Gasteiger charge is -2.44. The van der Waals surface area contributed by atoms with Crippen molar-refractivity contribution in [1.29, 1.82) is 0 Å². The van der Waals surface area contributed by atoms with E-state index in [0.717, 1.165) is 25.7 Å². The summed E-state index contributed by atoms with van der Waals surface area (Å²) in [5.41, 5.74) is 3.88. The van der Waals surface area contributed by atoms with E-state index in [4.69, 9.17) is 23.2 Å². The van der Waals surface area contributed by atoms with Crippen LogP contribution in [-0.4, -0.2) is 70.8 Å². The first-order valence-corrected chi connectivity index (χ1v) is 11.8. The van der Waals surface area contributed by atoms with Crippen molar-refractivity contribution in [2.75, 3.05) is 32.7 Å². The van der Waals surface area contributed by atoms with Gasteiger partial charge in [-0.15, -0.1) is 23.4 Å². The molecule has 32 heavy (non-hydrogen) atoms. The standard InChI is InChI=1S/C23H29Cl2FN4O2/c1-2-3-4-5-6-7-10-30-23(32)22(25)20(14-27-30)28-11-12-29(21(31)16-28)15-17-8-9-18(26)13-19(17)24/h8-9,13,20,22,27H,2,5-7,10-12,14-16H2,1H3. The largest absolute Gasteiger partial charge is 0.336 e. The highest BCUT2D eigenvalue weighted by Gasteiger charge is 2.40. The first-order valence-electron chi connectivity index (χ1n) is 11.0. The summed E-state index contributed by atoms with van der Waals surface area (Å²) in [5.74, 6) is 5.52. The van der Waals surface area contributed by atoms with E-state index in [1.807, 2.05) is 11.8 Å². The van der Waals surface area contributed by atoms with Crippen LogP contribution in [0.15, 0.2) is 18.2 Å². The topological polar surface area (TPSA) is 55.9 Å². The van der Waals surface area contributed by atoms with Gasteiger partial charge in [-0.1, -0.05) is 24.6 Å². The summed E-state index contributed by atoms with van der Waals surface area (Å²) in [6, 6.07) is 3.93. The molecule has 0 radical (unpaired) electrons. The zero-order chi connectivity index (χ0) is 23.1. The maximum absolute atomic E-state index is 13.3. The SMILES string of the molecule is CCC#CCCCCN1NCC(N2CCN(Cc3ccc(F)cc3Cl)C(=O)C2)C(Cl)C1=O. The fraction of sp³-hybridized carbons (Fsp3) is 0.565. The third kappa shape index (κ3) is 6.35. The summed E-state index contributed by atoms with van der Waals surface area (Å²) in [7, 11) is 0. The Balaban J connectivity index is 1.48. The number of nitrogens with one attached hydrogen (secondary N) is 1. The van der Waals surface area contributed by atoms with Crippen LogP contribution in [0.25, 0.3) is 0 Å². The van der Waals surface area contributed by atoms with E-state index >= 15 is 0 Å². The maximum Gasteiger partial charge on any atom is 0.256 e. The normalized spacial score (nSPS) is 22.1. The van der Waals surface area contributed by atoms with Gasteiger partial charge in [-0.3, -0.25) is 19.5 Å². The number of amides is 2. The van der Waals surface area contributed by atoms with Gasteiger partial charge < -0.3 is 4.90 Å². The van der Waals surface area contributed by atoms with Gasteiger partial charge in [0, 0.05) is 56.6 Å². The van der Waals surface area contributed by atoms with E-state index in [9.17, 15) is 14.0 Å². The van der Waals surface area contributed by atoms with Gasteiger partial charge in [-0.2, -0.15) is 0 Å². The third-order valence-electron chi connectivity index (χ3n) is 5.76. The number of carbonyl (C=O) groups is 2. The van der Waals surface area contributed by atoms with Crippen molar-refractivity contribution in [3.05, 3.63) is 34.6 Å². The van der Waals surface area contributed by atoms with Crippen LogP contribution in [0.3, 0.4) is 0 Å². The van der Waals surface area contributed by atoms with Crippen LogP contribution in [-0.2, 0) is 16.1 Å². The summed E-state index contributed by atoms with van der Waals surface area (Å²) in [6.07, 6.45) is 3.48. The highest BCUT2D eigenvalue weighted by atomic mass is 35.5. The second-order valence-electron chi connectivity index (χ2n) is 8.01. The number of hydrogen-bond donors (Lipinski definition) is 1. The van der Waals surface area contributed by atoms with Crippen LogP contribution in [0.2, 0.25) is 5.02 Å². The molecule has 0 aromatic heterocycles. The van der Waals surface area contributed by atoms with Gasteiger partial charge in [-0.05, 0) is 30.5 Å². The predicted molar refractivity (Wildman–Crippen MR) is 123 cm³/mol. The second kappa shape index (κ2) is 11.9. The Morgan fingerprint density at radius 2 is 2.03 bits per heavy atom. The summed E-state index contributed by atoms with van der Waals surface area (Å²) >= 11 is 12.6. The molecular weight excluding hydrogens is 454 g/mol. The summed E-state index contributed by atoms with van der Waals surface area (Å²) in [6.45, 7) is 4.72. The van der Waals surface area contributed by atoms with Crippen molar-refractivity contribution in [3.63, 3.8) is 0 Å². The highest BCUT2D eigenvalue weighted by Crippen LogP contribution is 2.23.